The van der Waals surface area contributed by atoms with Crippen molar-refractivity contribution in [2.24, 2.45) is 0 Å². The van der Waals surface area contributed by atoms with E-state index in [-0.39, 0.29) is 0 Å². The highest BCUT2D eigenvalue weighted by molar-refractivity contribution is 8.01. The first-order chi connectivity index (χ1) is 10.4. The average molecular weight is 309 g/mol. The highest BCUT2D eigenvalue weighted by atomic mass is 32.2. The molecule has 0 aliphatic carbocycles. The van der Waals surface area contributed by atoms with Crippen LogP contribution in [-0.4, -0.2) is 12.3 Å². The number of anilines is 1. The lowest BCUT2D eigenvalue weighted by Crippen LogP contribution is -2.14. The average Bonchev–Trinajstić information content (AvgIpc) is 2.89. The standard InChI is InChI=1S/C18H15NS2/c1-2-8-15(9-3-1)20-13-12-19-16-10-4-6-14-7-5-11-17(21-19)18(14)16/h1-11H,12-13H2. The quantitative estimate of drug-likeness (QED) is 0.465. The van der Waals surface area contributed by atoms with Gasteiger partial charge in [0.15, 0.2) is 0 Å². The first kappa shape index (κ1) is 13.1. The molecule has 0 saturated heterocycles. The van der Waals surface area contributed by atoms with Gasteiger partial charge in [-0.3, -0.25) is 0 Å². The van der Waals surface area contributed by atoms with E-state index in [2.05, 4.69) is 71.0 Å². The van der Waals surface area contributed by atoms with E-state index in [0.717, 1.165) is 12.3 Å². The molecule has 3 aromatic rings. The third-order valence-electron chi connectivity index (χ3n) is 3.63. The van der Waals surface area contributed by atoms with Crippen LogP contribution in [0.1, 0.15) is 0 Å². The zero-order valence-electron chi connectivity index (χ0n) is 11.5. The zero-order valence-corrected chi connectivity index (χ0v) is 13.2. The Kier molecular flexibility index (Phi) is 3.53. The summed E-state index contributed by atoms with van der Waals surface area (Å²) in [4.78, 5) is 2.73. The maximum atomic E-state index is 2.42. The topological polar surface area (TPSA) is 3.24 Å². The molecule has 4 rings (SSSR count). The summed E-state index contributed by atoms with van der Waals surface area (Å²) >= 11 is 3.79. The largest absolute Gasteiger partial charge is 0.311 e. The number of hydrogen-bond acceptors (Lipinski definition) is 3. The molecule has 0 N–H and O–H groups in total. The summed E-state index contributed by atoms with van der Waals surface area (Å²) in [7, 11) is 0. The zero-order chi connectivity index (χ0) is 14.1. The fourth-order valence-corrected chi connectivity index (χ4v) is 4.77. The lowest BCUT2D eigenvalue weighted by Gasteiger charge is -2.17. The molecule has 1 nitrogen and oxygen atoms in total. The predicted octanol–water partition coefficient (Wildman–Crippen LogP) is 5.46. The Morgan fingerprint density at radius 3 is 2.52 bits per heavy atom. The van der Waals surface area contributed by atoms with Crippen LogP contribution in [0.25, 0.3) is 10.8 Å². The van der Waals surface area contributed by atoms with Crippen molar-refractivity contribution in [3.63, 3.8) is 0 Å². The van der Waals surface area contributed by atoms with Crippen molar-refractivity contribution < 1.29 is 0 Å². The number of rotatable bonds is 4. The van der Waals surface area contributed by atoms with Gasteiger partial charge >= 0.3 is 0 Å². The summed E-state index contributed by atoms with van der Waals surface area (Å²) in [6.07, 6.45) is 0. The number of nitrogens with zero attached hydrogens (tertiary/aromatic N) is 1. The van der Waals surface area contributed by atoms with Gasteiger partial charge in [0.25, 0.3) is 0 Å². The number of hydrogen-bond donors (Lipinski definition) is 0. The van der Waals surface area contributed by atoms with Gasteiger partial charge in [0.05, 0.1) is 5.69 Å². The molecule has 0 fully saturated rings. The highest BCUT2D eigenvalue weighted by Gasteiger charge is 2.21. The van der Waals surface area contributed by atoms with Crippen molar-refractivity contribution in [1.82, 2.24) is 0 Å². The monoisotopic (exact) mass is 309 g/mol. The molecule has 0 radical (unpaired) electrons. The first-order valence-electron chi connectivity index (χ1n) is 7.07. The van der Waals surface area contributed by atoms with Gasteiger partial charge in [0, 0.05) is 27.5 Å². The lowest BCUT2D eigenvalue weighted by atomic mass is 10.1. The van der Waals surface area contributed by atoms with Gasteiger partial charge in [-0.15, -0.1) is 11.8 Å². The maximum absolute atomic E-state index is 2.42. The second-order valence-electron chi connectivity index (χ2n) is 4.99. The SMILES string of the molecule is c1ccc(SCCN2Sc3cccc4cccc2c34)cc1. The maximum Gasteiger partial charge on any atom is 0.0563 e. The van der Waals surface area contributed by atoms with Crippen LogP contribution in [0.4, 0.5) is 5.69 Å². The molecule has 1 heterocycles. The van der Waals surface area contributed by atoms with Crippen molar-refractivity contribution in [2.75, 3.05) is 16.6 Å². The van der Waals surface area contributed by atoms with Crippen molar-refractivity contribution in [3.8, 4) is 0 Å². The summed E-state index contributed by atoms with van der Waals surface area (Å²) in [5.74, 6) is 1.10. The van der Waals surface area contributed by atoms with Crippen LogP contribution in [-0.2, 0) is 0 Å². The van der Waals surface area contributed by atoms with E-state index in [1.807, 2.05) is 23.7 Å². The van der Waals surface area contributed by atoms with E-state index in [1.165, 1.54) is 26.3 Å². The molecule has 0 amide bonds. The van der Waals surface area contributed by atoms with Crippen molar-refractivity contribution in [1.29, 1.82) is 0 Å². The van der Waals surface area contributed by atoms with Gasteiger partial charge in [-0.1, -0.05) is 42.5 Å². The molecular formula is C18H15NS2. The molecule has 3 aromatic carbocycles. The smallest absolute Gasteiger partial charge is 0.0563 e. The third kappa shape index (κ3) is 2.52. The third-order valence-corrected chi connectivity index (χ3v) is 5.76. The first-order valence-corrected chi connectivity index (χ1v) is 8.83. The van der Waals surface area contributed by atoms with Crippen LogP contribution in [0.15, 0.2) is 76.5 Å². The minimum atomic E-state index is 1.05. The summed E-state index contributed by atoms with van der Waals surface area (Å²) in [5.41, 5.74) is 1.36. The van der Waals surface area contributed by atoms with Crippen molar-refractivity contribution in [2.45, 2.75) is 9.79 Å². The number of thioether (sulfide) groups is 1. The van der Waals surface area contributed by atoms with E-state index in [0.29, 0.717) is 0 Å². The van der Waals surface area contributed by atoms with Crippen molar-refractivity contribution >= 4 is 40.2 Å². The lowest BCUT2D eigenvalue weighted by molar-refractivity contribution is 1.14. The normalized spacial score (nSPS) is 13.0. The minimum absolute atomic E-state index is 1.05. The molecule has 0 unspecified atom stereocenters. The summed E-state index contributed by atoms with van der Waals surface area (Å²) in [6.45, 7) is 1.05. The second-order valence-corrected chi connectivity index (χ2v) is 7.22. The molecule has 0 atom stereocenters. The molecule has 0 bridgehead atoms. The van der Waals surface area contributed by atoms with Gasteiger partial charge in [0.1, 0.15) is 0 Å². The van der Waals surface area contributed by atoms with Gasteiger partial charge in [-0.05, 0) is 41.6 Å². The fourth-order valence-electron chi connectivity index (χ4n) is 2.67. The molecular weight excluding hydrogens is 294 g/mol. The Balaban J connectivity index is 1.50. The Hall–Kier alpha value is -1.58. The molecule has 1 aliphatic rings. The molecule has 0 aromatic heterocycles. The summed E-state index contributed by atoms with van der Waals surface area (Å²) in [5, 5.41) is 2.76. The Labute approximate surface area is 133 Å². The van der Waals surface area contributed by atoms with Crippen LogP contribution in [0.5, 0.6) is 0 Å². The Morgan fingerprint density at radius 2 is 1.67 bits per heavy atom. The molecule has 1 aliphatic heterocycles. The highest BCUT2D eigenvalue weighted by Crippen LogP contribution is 2.45. The summed E-state index contributed by atoms with van der Waals surface area (Å²) < 4.78 is 2.42. The van der Waals surface area contributed by atoms with Gasteiger partial charge in [-0.2, -0.15) is 0 Å². The van der Waals surface area contributed by atoms with E-state index in [4.69, 9.17) is 0 Å². The van der Waals surface area contributed by atoms with Gasteiger partial charge < -0.3 is 4.31 Å². The van der Waals surface area contributed by atoms with Crippen LogP contribution >= 0.6 is 23.7 Å². The van der Waals surface area contributed by atoms with E-state index >= 15 is 0 Å². The van der Waals surface area contributed by atoms with Crippen LogP contribution < -0.4 is 4.31 Å². The van der Waals surface area contributed by atoms with Gasteiger partial charge in [-0.25, -0.2) is 0 Å². The van der Waals surface area contributed by atoms with Crippen LogP contribution in [0.2, 0.25) is 0 Å². The molecule has 0 spiro atoms. The number of benzene rings is 3. The second kappa shape index (κ2) is 5.66. The molecule has 21 heavy (non-hydrogen) atoms. The predicted molar refractivity (Wildman–Crippen MR) is 94.3 cm³/mol. The van der Waals surface area contributed by atoms with Gasteiger partial charge in [0.2, 0.25) is 0 Å². The van der Waals surface area contributed by atoms with E-state index in [9.17, 15) is 0 Å². The van der Waals surface area contributed by atoms with E-state index < -0.39 is 0 Å². The van der Waals surface area contributed by atoms with Crippen molar-refractivity contribution in [3.05, 3.63) is 66.7 Å². The molecule has 0 saturated carbocycles. The molecule has 3 heteroatoms. The van der Waals surface area contributed by atoms with E-state index in [1.54, 1.807) is 0 Å². The fraction of sp³-hybridized carbons (Fsp3) is 0.111. The Bertz CT molecular complexity index is 765. The molecule has 104 valence electrons. The van der Waals surface area contributed by atoms with Crippen LogP contribution in [0.3, 0.4) is 0 Å². The Morgan fingerprint density at radius 1 is 0.857 bits per heavy atom. The minimum Gasteiger partial charge on any atom is -0.311 e. The van der Waals surface area contributed by atoms with Crippen LogP contribution in [0, 0.1) is 0 Å². The summed E-state index contributed by atoms with van der Waals surface area (Å²) in [6, 6.07) is 23.8.